The Hall–Kier alpha value is -2.35. The van der Waals surface area contributed by atoms with E-state index in [4.69, 9.17) is 0 Å². The van der Waals surface area contributed by atoms with E-state index in [9.17, 15) is 9.59 Å². The van der Waals surface area contributed by atoms with E-state index < -0.39 is 0 Å². The van der Waals surface area contributed by atoms with Crippen molar-refractivity contribution in [2.45, 2.75) is 44.7 Å². The van der Waals surface area contributed by atoms with Gasteiger partial charge in [0, 0.05) is 37.8 Å². The second-order valence-electron chi connectivity index (χ2n) is 6.45. The molecule has 1 saturated heterocycles. The van der Waals surface area contributed by atoms with Crippen molar-refractivity contribution in [2.75, 3.05) is 6.54 Å². The minimum atomic E-state index is -0.256. The number of nitrogens with zero attached hydrogens (tertiary/aromatic N) is 5. The van der Waals surface area contributed by atoms with Crippen molar-refractivity contribution >= 4 is 23.3 Å². The molecule has 0 bridgehead atoms. The van der Waals surface area contributed by atoms with Gasteiger partial charge in [-0.1, -0.05) is 17.8 Å². The van der Waals surface area contributed by atoms with Gasteiger partial charge in [0.1, 0.15) is 10.0 Å². The average molecular weight is 357 g/mol. The third-order valence-corrected chi connectivity index (χ3v) is 5.82. The summed E-state index contributed by atoms with van der Waals surface area (Å²) in [5, 5.41) is 10.2. The van der Waals surface area contributed by atoms with E-state index in [-0.39, 0.29) is 18.5 Å². The number of rotatable bonds is 5. The van der Waals surface area contributed by atoms with Crippen LogP contribution in [0.25, 0.3) is 0 Å². The number of urea groups is 1. The number of carbonyl (C=O) groups excluding carboxylic acids is 2. The number of hydrogen-bond acceptors (Lipinski definition) is 6. The number of imide groups is 1. The molecular weight excluding hydrogens is 338 g/mol. The summed E-state index contributed by atoms with van der Waals surface area (Å²) in [5.41, 5.74) is 1.00. The molecule has 130 valence electrons. The molecule has 0 N–H and O–H groups in total. The maximum atomic E-state index is 12.7. The Morgan fingerprint density at radius 1 is 1.12 bits per heavy atom. The van der Waals surface area contributed by atoms with Gasteiger partial charge in [-0.2, -0.15) is 0 Å². The lowest BCUT2D eigenvalue weighted by Gasteiger charge is -2.33. The van der Waals surface area contributed by atoms with E-state index in [1.54, 1.807) is 17.3 Å². The number of aromatic nitrogens is 3. The average Bonchev–Trinajstić information content (AvgIpc) is 3.01. The Bertz CT molecular complexity index is 774. The van der Waals surface area contributed by atoms with Gasteiger partial charge in [0.05, 0.1) is 6.54 Å². The maximum absolute atomic E-state index is 12.7. The van der Waals surface area contributed by atoms with E-state index in [2.05, 4.69) is 15.2 Å². The molecular formula is C17H19N5O2S. The van der Waals surface area contributed by atoms with E-state index in [1.165, 1.54) is 22.7 Å². The van der Waals surface area contributed by atoms with Gasteiger partial charge >= 0.3 is 6.03 Å². The Kier molecular flexibility index (Phi) is 4.44. The first-order chi connectivity index (χ1) is 12.2. The van der Waals surface area contributed by atoms with Gasteiger partial charge in [-0.05, 0) is 30.5 Å². The third kappa shape index (κ3) is 3.39. The van der Waals surface area contributed by atoms with Crippen LogP contribution in [0.4, 0.5) is 4.79 Å². The molecule has 0 unspecified atom stereocenters. The molecule has 2 aliphatic rings. The first-order valence-electron chi connectivity index (χ1n) is 8.51. The molecule has 8 heteroatoms. The fraction of sp³-hybridized carbons (Fsp3) is 0.471. The zero-order valence-electron chi connectivity index (χ0n) is 13.8. The Morgan fingerprint density at radius 2 is 1.92 bits per heavy atom. The smallest absolute Gasteiger partial charge is 0.319 e. The molecule has 1 saturated carbocycles. The van der Waals surface area contributed by atoms with Crippen LogP contribution >= 0.6 is 11.3 Å². The predicted molar refractivity (Wildman–Crippen MR) is 91.7 cm³/mol. The molecule has 3 amide bonds. The number of carbonyl (C=O) groups is 2. The van der Waals surface area contributed by atoms with E-state index >= 15 is 0 Å². The summed E-state index contributed by atoms with van der Waals surface area (Å²) in [4.78, 5) is 32.0. The highest BCUT2D eigenvalue weighted by Crippen LogP contribution is 2.37. The standard InChI is InChI=1S/C17H19N5O2S/c23-15-6-9-21(10-12-4-7-18-8-5-12)17(24)22(15)11-14-19-20-16(25-14)13-2-1-3-13/h4-5,7-8,13H,1-3,6,9-11H2. The van der Waals surface area contributed by atoms with E-state index in [0.717, 1.165) is 28.4 Å². The topological polar surface area (TPSA) is 79.3 Å². The van der Waals surface area contributed by atoms with Crippen LogP contribution in [-0.4, -0.2) is 43.5 Å². The number of hydrogen-bond donors (Lipinski definition) is 0. The van der Waals surface area contributed by atoms with Gasteiger partial charge in [-0.3, -0.25) is 14.7 Å². The van der Waals surface area contributed by atoms with Gasteiger partial charge in [-0.25, -0.2) is 4.79 Å². The highest BCUT2D eigenvalue weighted by molar-refractivity contribution is 7.11. The number of amides is 3. The normalized spacial score (nSPS) is 18.6. The Labute approximate surface area is 149 Å². The number of pyridine rings is 1. The molecule has 7 nitrogen and oxygen atoms in total. The molecule has 25 heavy (non-hydrogen) atoms. The molecule has 2 aromatic rings. The highest BCUT2D eigenvalue weighted by Gasteiger charge is 2.33. The monoisotopic (exact) mass is 357 g/mol. The molecule has 0 aromatic carbocycles. The highest BCUT2D eigenvalue weighted by atomic mass is 32.1. The molecule has 0 atom stereocenters. The van der Waals surface area contributed by atoms with Crippen LogP contribution < -0.4 is 0 Å². The van der Waals surface area contributed by atoms with E-state index in [0.29, 0.717) is 25.4 Å². The summed E-state index contributed by atoms with van der Waals surface area (Å²) in [6.07, 6.45) is 7.31. The van der Waals surface area contributed by atoms with Crippen LogP contribution in [0.2, 0.25) is 0 Å². The molecule has 0 radical (unpaired) electrons. The van der Waals surface area contributed by atoms with E-state index in [1.807, 2.05) is 12.1 Å². The van der Waals surface area contributed by atoms with Crippen molar-refractivity contribution in [2.24, 2.45) is 0 Å². The molecule has 3 heterocycles. The van der Waals surface area contributed by atoms with Crippen molar-refractivity contribution in [3.63, 3.8) is 0 Å². The Balaban J connectivity index is 1.44. The van der Waals surface area contributed by atoms with Crippen molar-refractivity contribution in [3.8, 4) is 0 Å². The van der Waals surface area contributed by atoms with Crippen molar-refractivity contribution < 1.29 is 9.59 Å². The fourth-order valence-electron chi connectivity index (χ4n) is 3.04. The van der Waals surface area contributed by atoms with Crippen LogP contribution in [0.1, 0.15) is 47.2 Å². The lowest BCUT2D eigenvalue weighted by atomic mass is 9.86. The van der Waals surface area contributed by atoms with Crippen LogP contribution in [0.3, 0.4) is 0 Å². The van der Waals surface area contributed by atoms with Crippen molar-refractivity contribution in [1.82, 2.24) is 25.0 Å². The third-order valence-electron chi connectivity index (χ3n) is 4.75. The first kappa shape index (κ1) is 16.1. The van der Waals surface area contributed by atoms with Gasteiger partial charge in [0.15, 0.2) is 0 Å². The summed E-state index contributed by atoms with van der Waals surface area (Å²) in [6, 6.07) is 3.50. The maximum Gasteiger partial charge on any atom is 0.327 e. The summed E-state index contributed by atoms with van der Waals surface area (Å²) in [7, 11) is 0. The van der Waals surface area contributed by atoms with Crippen LogP contribution in [0.5, 0.6) is 0 Å². The lowest BCUT2D eigenvalue weighted by molar-refractivity contribution is -0.131. The largest absolute Gasteiger partial charge is 0.327 e. The molecule has 2 aromatic heterocycles. The van der Waals surface area contributed by atoms with Crippen LogP contribution in [0, 0.1) is 0 Å². The minimum Gasteiger partial charge on any atom is -0.319 e. The molecule has 2 fully saturated rings. The van der Waals surface area contributed by atoms with Gasteiger partial charge < -0.3 is 4.90 Å². The molecule has 1 aliphatic heterocycles. The fourth-order valence-corrected chi connectivity index (χ4v) is 4.04. The van der Waals surface area contributed by atoms with Gasteiger partial charge in [-0.15, -0.1) is 10.2 Å². The second kappa shape index (κ2) is 6.87. The summed E-state index contributed by atoms with van der Waals surface area (Å²) < 4.78 is 0. The van der Waals surface area contributed by atoms with Gasteiger partial charge in [0.2, 0.25) is 5.91 Å². The second-order valence-corrected chi connectivity index (χ2v) is 7.54. The van der Waals surface area contributed by atoms with Crippen LogP contribution in [0.15, 0.2) is 24.5 Å². The zero-order chi connectivity index (χ0) is 17.2. The molecule has 0 spiro atoms. The molecule has 4 rings (SSSR count). The minimum absolute atomic E-state index is 0.142. The van der Waals surface area contributed by atoms with Crippen molar-refractivity contribution in [3.05, 3.63) is 40.1 Å². The Morgan fingerprint density at radius 3 is 2.64 bits per heavy atom. The summed E-state index contributed by atoms with van der Waals surface area (Å²) >= 11 is 1.52. The predicted octanol–water partition coefficient (Wildman–Crippen LogP) is 2.56. The lowest BCUT2D eigenvalue weighted by Crippen LogP contribution is -2.51. The summed E-state index contributed by atoms with van der Waals surface area (Å²) in [6.45, 7) is 1.14. The quantitative estimate of drug-likeness (QED) is 0.822. The first-order valence-corrected chi connectivity index (χ1v) is 9.33. The summed E-state index contributed by atoms with van der Waals surface area (Å²) in [5.74, 6) is 0.374. The zero-order valence-corrected chi connectivity index (χ0v) is 14.6. The van der Waals surface area contributed by atoms with Crippen LogP contribution in [-0.2, 0) is 17.9 Å². The van der Waals surface area contributed by atoms with Crippen molar-refractivity contribution in [1.29, 1.82) is 0 Å². The molecule has 1 aliphatic carbocycles. The van der Waals surface area contributed by atoms with Gasteiger partial charge in [0.25, 0.3) is 0 Å². The SMILES string of the molecule is O=C1CCN(Cc2ccncc2)C(=O)N1Cc1nnc(C2CCC2)s1.